The van der Waals surface area contributed by atoms with Crippen molar-refractivity contribution in [1.82, 2.24) is 5.32 Å². The summed E-state index contributed by atoms with van der Waals surface area (Å²) in [6, 6.07) is 0.0831. The second-order valence-corrected chi connectivity index (χ2v) is 5.65. The molecule has 0 radical (unpaired) electrons. The van der Waals surface area contributed by atoms with Crippen molar-refractivity contribution < 1.29 is 9.53 Å². The van der Waals surface area contributed by atoms with Crippen LogP contribution in [0.5, 0.6) is 0 Å². The van der Waals surface area contributed by atoms with E-state index in [0.29, 0.717) is 25.0 Å². The zero-order valence-corrected chi connectivity index (χ0v) is 10.8. The summed E-state index contributed by atoms with van der Waals surface area (Å²) in [7, 11) is 0. The molecule has 2 fully saturated rings. The number of nitrogens with two attached hydrogens (primary N) is 1. The molecule has 0 aromatic carbocycles. The highest BCUT2D eigenvalue weighted by Gasteiger charge is 2.48. The van der Waals surface area contributed by atoms with E-state index in [1.165, 1.54) is 12.8 Å². The van der Waals surface area contributed by atoms with Gasteiger partial charge in [0, 0.05) is 12.6 Å². The SMILES string of the molecule is CC(C)OCCNC(=O)C1C2CCC(C2)C1N. The highest BCUT2D eigenvalue weighted by atomic mass is 16.5. The van der Waals surface area contributed by atoms with Gasteiger partial charge in [0.1, 0.15) is 0 Å². The molecule has 1 amide bonds. The summed E-state index contributed by atoms with van der Waals surface area (Å²) in [6.07, 6.45) is 3.77. The zero-order valence-electron chi connectivity index (χ0n) is 10.8. The van der Waals surface area contributed by atoms with E-state index in [2.05, 4.69) is 5.32 Å². The lowest BCUT2D eigenvalue weighted by molar-refractivity contribution is -0.127. The van der Waals surface area contributed by atoms with Gasteiger partial charge in [-0.15, -0.1) is 0 Å². The molecule has 0 aromatic rings. The molecular formula is C13H24N2O2. The second kappa shape index (κ2) is 5.36. The lowest BCUT2D eigenvalue weighted by Crippen LogP contribution is -2.46. The summed E-state index contributed by atoms with van der Waals surface area (Å²) in [4.78, 5) is 12.0. The first-order chi connectivity index (χ1) is 8.09. The molecule has 2 saturated carbocycles. The van der Waals surface area contributed by atoms with Gasteiger partial charge in [0.05, 0.1) is 18.6 Å². The van der Waals surface area contributed by atoms with Crippen molar-refractivity contribution >= 4 is 5.91 Å². The summed E-state index contributed by atoms with van der Waals surface area (Å²) in [5.41, 5.74) is 6.13. The van der Waals surface area contributed by atoms with Crippen LogP contribution in [-0.2, 0) is 9.53 Å². The summed E-state index contributed by atoms with van der Waals surface area (Å²) in [5.74, 6) is 1.30. The largest absolute Gasteiger partial charge is 0.377 e. The number of fused-ring (bicyclic) bond motifs is 2. The fourth-order valence-electron chi connectivity index (χ4n) is 3.31. The number of carbonyl (C=O) groups is 1. The molecule has 3 N–H and O–H groups in total. The zero-order chi connectivity index (χ0) is 12.4. The average molecular weight is 240 g/mol. The molecular weight excluding hydrogens is 216 g/mol. The number of nitrogens with one attached hydrogen (secondary N) is 1. The van der Waals surface area contributed by atoms with E-state index in [0.717, 1.165) is 6.42 Å². The molecule has 17 heavy (non-hydrogen) atoms. The molecule has 0 aliphatic heterocycles. The number of rotatable bonds is 5. The third-order valence-electron chi connectivity index (χ3n) is 4.14. The fraction of sp³-hybridized carbons (Fsp3) is 0.923. The number of ether oxygens (including phenoxy) is 1. The fourth-order valence-corrected chi connectivity index (χ4v) is 3.31. The Labute approximate surface area is 103 Å². The van der Waals surface area contributed by atoms with E-state index in [-0.39, 0.29) is 24.0 Å². The maximum atomic E-state index is 12.0. The smallest absolute Gasteiger partial charge is 0.225 e. The Hall–Kier alpha value is -0.610. The van der Waals surface area contributed by atoms with Crippen LogP contribution < -0.4 is 11.1 Å². The van der Waals surface area contributed by atoms with Crippen LogP contribution in [0.4, 0.5) is 0 Å². The summed E-state index contributed by atoms with van der Waals surface area (Å²) < 4.78 is 5.40. The normalized spacial score (nSPS) is 35.5. The minimum absolute atomic E-state index is 0.0489. The Balaban J connectivity index is 1.73. The Morgan fingerprint density at radius 2 is 2.12 bits per heavy atom. The van der Waals surface area contributed by atoms with E-state index in [1.807, 2.05) is 13.8 Å². The van der Waals surface area contributed by atoms with Crippen LogP contribution in [0.15, 0.2) is 0 Å². The highest BCUT2D eigenvalue weighted by Crippen LogP contribution is 2.47. The van der Waals surface area contributed by atoms with Gasteiger partial charge in [-0.1, -0.05) is 0 Å². The van der Waals surface area contributed by atoms with Crippen molar-refractivity contribution in [2.24, 2.45) is 23.5 Å². The Bertz CT molecular complexity index is 279. The summed E-state index contributed by atoms with van der Waals surface area (Å²) in [5, 5.41) is 2.95. The monoisotopic (exact) mass is 240 g/mol. The molecule has 2 bridgehead atoms. The Morgan fingerprint density at radius 3 is 2.71 bits per heavy atom. The summed E-state index contributed by atoms with van der Waals surface area (Å²) in [6.45, 7) is 5.17. The minimum Gasteiger partial charge on any atom is -0.377 e. The van der Waals surface area contributed by atoms with Crippen molar-refractivity contribution in [2.75, 3.05) is 13.2 Å². The average Bonchev–Trinajstić information content (AvgIpc) is 2.84. The number of carbonyl (C=O) groups excluding carboxylic acids is 1. The van der Waals surface area contributed by atoms with Crippen LogP contribution >= 0.6 is 0 Å². The van der Waals surface area contributed by atoms with E-state index >= 15 is 0 Å². The van der Waals surface area contributed by atoms with Crippen molar-refractivity contribution in [3.05, 3.63) is 0 Å². The molecule has 0 aromatic heterocycles. The van der Waals surface area contributed by atoms with Gasteiger partial charge in [0.15, 0.2) is 0 Å². The van der Waals surface area contributed by atoms with E-state index < -0.39 is 0 Å². The van der Waals surface area contributed by atoms with Crippen LogP contribution in [0.1, 0.15) is 33.1 Å². The van der Waals surface area contributed by atoms with E-state index in [4.69, 9.17) is 10.5 Å². The standard InChI is InChI=1S/C13H24N2O2/c1-8(2)17-6-5-15-13(16)11-9-3-4-10(7-9)12(11)14/h8-12H,3-7,14H2,1-2H3,(H,15,16). The molecule has 0 saturated heterocycles. The van der Waals surface area contributed by atoms with Crippen molar-refractivity contribution in [2.45, 2.75) is 45.3 Å². The van der Waals surface area contributed by atoms with Crippen molar-refractivity contribution in [3.8, 4) is 0 Å². The number of hydrogen-bond donors (Lipinski definition) is 2. The van der Waals surface area contributed by atoms with Gasteiger partial charge in [0.25, 0.3) is 0 Å². The number of amides is 1. The highest BCUT2D eigenvalue weighted by molar-refractivity contribution is 5.80. The Morgan fingerprint density at radius 1 is 1.41 bits per heavy atom. The van der Waals surface area contributed by atoms with Crippen LogP contribution in [0, 0.1) is 17.8 Å². The van der Waals surface area contributed by atoms with E-state index in [1.54, 1.807) is 0 Å². The molecule has 4 heteroatoms. The molecule has 0 heterocycles. The first kappa shape index (κ1) is 12.8. The lowest BCUT2D eigenvalue weighted by Gasteiger charge is -2.27. The van der Waals surface area contributed by atoms with Crippen LogP contribution in [0.2, 0.25) is 0 Å². The first-order valence-corrected chi connectivity index (χ1v) is 6.74. The van der Waals surface area contributed by atoms with Gasteiger partial charge in [-0.2, -0.15) is 0 Å². The molecule has 2 aliphatic rings. The van der Waals surface area contributed by atoms with Crippen LogP contribution in [0.25, 0.3) is 0 Å². The third kappa shape index (κ3) is 2.80. The Kier molecular flexibility index (Phi) is 4.05. The lowest BCUT2D eigenvalue weighted by atomic mass is 9.84. The number of hydrogen-bond acceptors (Lipinski definition) is 3. The van der Waals surface area contributed by atoms with Crippen molar-refractivity contribution in [3.63, 3.8) is 0 Å². The van der Waals surface area contributed by atoms with Crippen LogP contribution in [0.3, 0.4) is 0 Å². The molecule has 4 unspecified atom stereocenters. The van der Waals surface area contributed by atoms with Gasteiger partial charge in [-0.3, -0.25) is 4.79 Å². The minimum atomic E-state index is 0.0489. The van der Waals surface area contributed by atoms with Crippen LogP contribution in [-0.4, -0.2) is 31.2 Å². The van der Waals surface area contributed by atoms with Gasteiger partial charge in [0.2, 0.25) is 5.91 Å². The van der Waals surface area contributed by atoms with Gasteiger partial charge in [-0.05, 0) is 44.9 Å². The second-order valence-electron chi connectivity index (χ2n) is 5.65. The van der Waals surface area contributed by atoms with Gasteiger partial charge in [-0.25, -0.2) is 0 Å². The predicted octanol–water partition coefficient (Wildman–Crippen LogP) is 0.901. The molecule has 4 nitrogen and oxygen atoms in total. The first-order valence-electron chi connectivity index (χ1n) is 6.74. The van der Waals surface area contributed by atoms with E-state index in [9.17, 15) is 4.79 Å². The molecule has 2 rings (SSSR count). The summed E-state index contributed by atoms with van der Waals surface area (Å²) >= 11 is 0. The predicted molar refractivity (Wildman–Crippen MR) is 66.4 cm³/mol. The molecule has 2 aliphatic carbocycles. The molecule has 98 valence electrons. The quantitative estimate of drug-likeness (QED) is 0.702. The topological polar surface area (TPSA) is 64.3 Å². The maximum Gasteiger partial charge on any atom is 0.225 e. The van der Waals surface area contributed by atoms with Crippen molar-refractivity contribution in [1.29, 1.82) is 0 Å². The molecule has 0 spiro atoms. The maximum absolute atomic E-state index is 12.0. The van der Waals surface area contributed by atoms with Gasteiger partial charge >= 0.3 is 0 Å². The third-order valence-corrected chi connectivity index (χ3v) is 4.14. The molecule has 4 atom stereocenters. The van der Waals surface area contributed by atoms with Gasteiger partial charge < -0.3 is 15.8 Å².